The first kappa shape index (κ1) is 20.3. The number of fused-ring (bicyclic) bond motifs is 1. The van der Waals surface area contributed by atoms with Crippen LogP contribution in [0.25, 0.3) is 10.6 Å². The SMILES string of the molecule is CC(C)C[C@H](N[C@@H](Cc1csc(-c2ccc3c(c2)CCO3)n1)C(=O)O)C(=O)O. The van der Waals surface area contributed by atoms with Gasteiger partial charge in [0.2, 0.25) is 0 Å². The number of carbonyl (C=O) groups is 2. The Balaban J connectivity index is 1.72. The molecule has 2 heterocycles. The second-order valence-corrected chi connectivity index (χ2v) is 8.21. The Bertz CT molecular complexity index is 864. The van der Waals surface area contributed by atoms with Crippen molar-refractivity contribution >= 4 is 23.3 Å². The Labute approximate surface area is 167 Å². The highest BCUT2D eigenvalue weighted by molar-refractivity contribution is 7.13. The number of carboxylic acids is 2. The fourth-order valence-corrected chi connectivity index (χ4v) is 4.06. The van der Waals surface area contributed by atoms with Gasteiger partial charge in [0.1, 0.15) is 22.8 Å². The molecule has 8 heteroatoms. The molecule has 0 fully saturated rings. The number of hydrogen-bond donors (Lipinski definition) is 3. The van der Waals surface area contributed by atoms with Gasteiger partial charge in [-0.3, -0.25) is 14.9 Å². The van der Waals surface area contributed by atoms with Crippen LogP contribution in [0.15, 0.2) is 23.6 Å². The van der Waals surface area contributed by atoms with Crippen LogP contribution >= 0.6 is 11.3 Å². The third-order valence-corrected chi connectivity index (χ3v) is 5.55. The number of aliphatic carboxylic acids is 2. The first-order chi connectivity index (χ1) is 13.3. The lowest BCUT2D eigenvalue weighted by Gasteiger charge is -2.21. The highest BCUT2D eigenvalue weighted by Gasteiger charge is 2.27. The van der Waals surface area contributed by atoms with Gasteiger partial charge < -0.3 is 14.9 Å². The number of ether oxygens (including phenoxy) is 1. The smallest absolute Gasteiger partial charge is 0.321 e. The van der Waals surface area contributed by atoms with Crippen molar-refractivity contribution in [3.63, 3.8) is 0 Å². The predicted molar refractivity (Wildman–Crippen MR) is 106 cm³/mol. The predicted octanol–water partition coefficient (Wildman–Crippen LogP) is 2.83. The summed E-state index contributed by atoms with van der Waals surface area (Å²) in [7, 11) is 0. The van der Waals surface area contributed by atoms with Crippen LogP contribution in [0.4, 0.5) is 0 Å². The second-order valence-electron chi connectivity index (χ2n) is 7.35. The zero-order valence-corrected chi connectivity index (χ0v) is 16.7. The fourth-order valence-electron chi connectivity index (χ4n) is 3.23. The first-order valence-electron chi connectivity index (χ1n) is 9.25. The fraction of sp³-hybridized carbons (Fsp3) is 0.450. The van der Waals surface area contributed by atoms with E-state index in [9.17, 15) is 19.8 Å². The van der Waals surface area contributed by atoms with E-state index in [0.717, 1.165) is 28.3 Å². The van der Waals surface area contributed by atoms with Crippen molar-refractivity contribution in [3.8, 4) is 16.3 Å². The van der Waals surface area contributed by atoms with Crippen molar-refractivity contribution in [3.05, 3.63) is 34.8 Å². The van der Waals surface area contributed by atoms with Gasteiger partial charge >= 0.3 is 11.9 Å². The van der Waals surface area contributed by atoms with E-state index in [-0.39, 0.29) is 12.3 Å². The minimum atomic E-state index is -1.08. The number of hydrogen-bond acceptors (Lipinski definition) is 6. The lowest BCUT2D eigenvalue weighted by Crippen LogP contribution is -2.48. The van der Waals surface area contributed by atoms with E-state index < -0.39 is 24.0 Å². The molecule has 0 aliphatic carbocycles. The zero-order chi connectivity index (χ0) is 20.3. The van der Waals surface area contributed by atoms with Gasteiger partial charge in [-0.25, -0.2) is 4.98 Å². The molecule has 3 N–H and O–H groups in total. The lowest BCUT2D eigenvalue weighted by atomic mass is 10.0. The number of nitrogens with one attached hydrogen (secondary N) is 1. The van der Waals surface area contributed by atoms with Gasteiger partial charge in [-0.05, 0) is 36.1 Å². The van der Waals surface area contributed by atoms with E-state index in [1.54, 1.807) is 0 Å². The Kier molecular flexibility index (Phi) is 6.31. The molecular formula is C20H24N2O5S. The molecule has 0 unspecified atom stereocenters. The standard InChI is InChI=1S/C20H24N2O5S/c1-11(2)7-15(19(23)24)22-16(20(25)26)9-14-10-28-18(21-14)13-3-4-17-12(8-13)5-6-27-17/h3-4,8,10-11,15-16,22H,5-7,9H2,1-2H3,(H,23,24)(H,25,26)/t15-,16-/m0/s1. The van der Waals surface area contributed by atoms with Crippen molar-refractivity contribution in [2.75, 3.05) is 6.61 Å². The molecule has 28 heavy (non-hydrogen) atoms. The molecule has 0 saturated heterocycles. The van der Waals surface area contributed by atoms with Crippen molar-refractivity contribution in [1.82, 2.24) is 10.3 Å². The summed E-state index contributed by atoms with van der Waals surface area (Å²) in [6, 6.07) is 4.02. The third kappa shape index (κ3) is 4.88. The van der Waals surface area contributed by atoms with Gasteiger partial charge in [0.25, 0.3) is 0 Å². The largest absolute Gasteiger partial charge is 0.493 e. The van der Waals surface area contributed by atoms with Crippen molar-refractivity contribution < 1.29 is 24.5 Å². The molecule has 3 rings (SSSR count). The van der Waals surface area contributed by atoms with Crippen LogP contribution in [0.2, 0.25) is 0 Å². The van der Waals surface area contributed by atoms with Gasteiger partial charge in [0.15, 0.2) is 0 Å². The number of rotatable bonds is 9. The average Bonchev–Trinajstić information content (AvgIpc) is 3.28. The molecule has 0 saturated carbocycles. The Morgan fingerprint density at radius 1 is 1.25 bits per heavy atom. The van der Waals surface area contributed by atoms with Crippen molar-refractivity contribution in [2.24, 2.45) is 5.92 Å². The Hall–Kier alpha value is -2.45. The van der Waals surface area contributed by atoms with Crippen molar-refractivity contribution in [1.29, 1.82) is 0 Å². The van der Waals surface area contributed by atoms with E-state index in [0.29, 0.717) is 18.7 Å². The maximum Gasteiger partial charge on any atom is 0.321 e. The summed E-state index contributed by atoms with van der Waals surface area (Å²) >= 11 is 1.45. The molecule has 0 radical (unpaired) electrons. The van der Waals surface area contributed by atoms with Gasteiger partial charge in [0, 0.05) is 23.8 Å². The van der Waals surface area contributed by atoms with Crippen LogP contribution < -0.4 is 10.1 Å². The normalized spacial score (nSPS) is 15.1. The summed E-state index contributed by atoms with van der Waals surface area (Å²) in [5.41, 5.74) is 2.76. The molecule has 1 aliphatic heterocycles. The summed E-state index contributed by atoms with van der Waals surface area (Å²) in [5, 5.41) is 24.3. The summed E-state index contributed by atoms with van der Waals surface area (Å²) in [6.45, 7) is 4.50. The van der Waals surface area contributed by atoms with Gasteiger partial charge in [0.05, 0.1) is 12.3 Å². The molecule has 1 aromatic heterocycles. The van der Waals surface area contributed by atoms with Crippen LogP contribution in [0.3, 0.4) is 0 Å². The highest BCUT2D eigenvalue weighted by Crippen LogP contribution is 2.32. The summed E-state index contributed by atoms with van der Waals surface area (Å²) in [5.74, 6) is -1.09. The number of benzene rings is 1. The third-order valence-electron chi connectivity index (χ3n) is 4.61. The van der Waals surface area contributed by atoms with Crippen LogP contribution in [0.5, 0.6) is 5.75 Å². The number of aromatic nitrogens is 1. The molecule has 7 nitrogen and oxygen atoms in total. The van der Waals surface area contributed by atoms with Gasteiger partial charge in [-0.2, -0.15) is 0 Å². The Morgan fingerprint density at radius 3 is 2.68 bits per heavy atom. The summed E-state index contributed by atoms with van der Waals surface area (Å²) in [4.78, 5) is 27.7. The number of carboxylic acid groups (broad SMARTS) is 2. The van der Waals surface area contributed by atoms with E-state index in [1.165, 1.54) is 11.3 Å². The molecule has 0 spiro atoms. The average molecular weight is 404 g/mol. The molecule has 1 aliphatic rings. The quantitative estimate of drug-likeness (QED) is 0.590. The topological polar surface area (TPSA) is 109 Å². The first-order valence-corrected chi connectivity index (χ1v) is 10.1. The summed E-state index contributed by atoms with van der Waals surface area (Å²) < 4.78 is 5.52. The van der Waals surface area contributed by atoms with Gasteiger partial charge in [-0.15, -0.1) is 11.3 Å². The molecule has 0 amide bonds. The lowest BCUT2D eigenvalue weighted by molar-refractivity contribution is -0.142. The highest BCUT2D eigenvalue weighted by atomic mass is 32.1. The van der Waals surface area contributed by atoms with Crippen LogP contribution in [0, 0.1) is 5.92 Å². The maximum atomic E-state index is 11.7. The van der Waals surface area contributed by atoms with Crippen LogP contribution in [-0.4, -0.2) is 45.8 Å². The summed E-state index contributed by atoms with van der Waals surface area (Å²) in [6.07, 6.45) is 1.36. The number of thiazole rings is 1. The van der Waals surface area contributed by atoms with Gasteiger partial charge in [-0.1, -0.05) is 13.8 Å². The maximum absolute atomic E-state index is 11.7. The van der Waals surface area contributed by atoms with Crippen molar-refractivity contribution in [2.45, 2.75) is 45.2 Å². The van der Waals surface area contributed by atoms with E-state index >= 15 is 0 Å². The molecule has 150 valence electrons. The van der Waals surface area contributed by atoms with E-state index in [4.69, 9.17) is 4.74 Å². The monoisotopic (exact) mass is 404 g/mol. The molecule has 2 atom stereocenters. The van der Waals surface area contributed by atoms with Crippen LogP contribution in [0.1, 0.15) is 31.5 Å². The second kappa shape index (κ2) is 8.70. The molecular weight excluding hydrogens is 380 g/mol. The molecule has 0 bridgehead atoms. The van der Waals surface area contributed by atoms with E-state index in [1.807, 2.05) is 31.4 Å². The minimum Gasteiger partial charge on any atom is -0.493 e. The number of nitrogens with zero attached hydrogens (tertiary/aromatic N) is 1. The molecule has 2 aromatic rings. The Morgan fingerprint density at radius 2 is 2.00 bits per heavy atom. The molecule has 1 aromatic carbocycles. The zero-order valence-electron chi connectivity index (χ0n) is 15.8. The van der Waals surface area contributed by atoms with E-state index in [2.05, 4.69) is 16.4 Å². The minimum absolute atomic E-state index is 0.127. The van der Waals surface area contributed by atoms with Crippen LogP contribution in [-0.2, 0) is 22.4 Å².